The molecule has 0 radical (unpaired) electrons. The molecular formula is C15H18Cl2FN3O4. The number of carbonyl (C=O) groups is 3. The zero-order valence-corrected chi connectivity index (χ0v) is 14.8. The van der Waals surface area contributed by atoms with Crippen molar-refractivity contribution in [3.8, 4) is 0 Å². The normalized spacial score (nSPS) is 14.6. The number of hydrogen-bond acceptors (Lipinski definition) is 4. The van der Waals surface area contributed by atoms with Crippen LogP contribution in [0.25, 0.3) is 0 Å². The van der Waals surface area contributed by atoms with Crippen LogP contribution in [-0.2, 0) is 9.59 Å². The summed E-state index contributed by atoms with van der Waals surface area (Å²) in [7, 11) is 0. The van der Waals surface area contributed by atoms with Crippen LogP contribution in [0.5, 0.6) is 0 Å². The van der Waals surface area contributed by atoms with Gasteiger partial charge in [-0.1, -0.05) is 11.6 Å². The van der Waals surface area contributed by atoms with Gasteiger partial charge in [0.05, 0.1) is 17.1 Å². The van der Waals surface area contributed by atoms with Gasteiger partial charge in [-0.25, -0.2) is 4.39 Å². The Labute approximate surface area is 155 Å². The van der Waals surface area contributed by atoms with Crippen molar-refractivity contribution in [2.75, 3.05) is 39.3 Å². The average molecular weight is 394 g/mol. The molecule has 1 aromatic rings. The molecule has 0 unspecified atom stereocenters. The van der Waals surface area contributed by atoms with Crippen LogP contribution in [0.4, 0.5) is 4.39 Å². The average Bonchev–Trinajstić information content (AvgIpc) is 2.53. The zero-order valence-electron chi connectivity index (χ0n) is 13.2. The van der Waals surface area contributed by atoms with Crippen molar-refractivity contribution >= 4 is 41.8 Å². The van der Waals surface area contributed by atoms with Gasteiger partial charge in [-0.15, -0.1) is 12.4 Å². The van der Waals surface area contributed by atoms with Gasteiger partial charge in [-0.3, -0.25) is 19.3 Å². The molecule has 138 valence electrons. The van der Waals surface area contributed by atoms with E-state index in [0.29, 0.717) is 26.2 Å². The van der Waals surface area contributed by atoms with Crippen molar-refractivity contribution in [1.29, 1.82) is 0 Å². The monoisotopic (exact) mass is 393 g/mol. The van der Waals surface area contributed by atoms with E-state index in [1.54, 1.807) is 4.90 Å². The molecule has 0 atom stereocenters. The first-order chi connectivity index (χ1) is 11.4. The highest BCUT2D eigenvalue weighted by molar-refractivity contribution is 6.33. The van der Waals surface area contributed by atoms with Crippen molar-refractivity contribution in [2.24, 2.45) is 0 Å². The second kappa shape index (κ2) is 9.55. The third kappa shape index (κ3) is 6.15. The predicted molar refractivity (Wildman–Crippen MR) is 91.6 cm³/mol. The van der Waals surface area contributed by atoms with Crippen LogP contribution in [-0.4, -0.2) is 72.0 Å². The second-order valence-corrected chi connectivity index (χ2v) is 5.77. The lowest BCUT2D eigenvalue weighted by atomic mass is 10.1. The number of amides is 2. The van der Waals surface area contributed by atoms with Crippen LogP contribution in [0.1, 0.15) is 10.4 Å². The van der Waals surface area contributed by atoms with Gasteiger partial charge in [0.15, 0.2) is 0 Å². The van der Waals surface area contributed by atoms with E-state index in [1.165, 1.54) is 12.1 Å². The predicted octanol–water partition coefficient (Wildman–Crippen LogP) is 0.859. The molecule has 0 aliphatic carbocycles. The Hall–Kier alpha value is -1.90. The Morgan fingerprint density at radius 1 is 1.20 bits per heavy atom. The quantitative estimate of drug-likeness (QED) is 0.774. The van der Waals surface area contributed by atoms with Crippen LogP contribution in [0.2, 0.25) is 5.02 Å². The van der Waals surface area contributed by atoms with E-state index < -0.39 is 18.3 Å². The van der Waals surface area contributed by atoms with Gasteiger partial charge in [0.1, 0.15) is 12.4 Å². The molecule has 2 amide bonds. The second-order valence-electron chi connectivity index (χ2n) is 5.36. The molecule has 10 heteroatoms. The van der Waals surface area contributed by atoms with Crippen LogP contribution in [0.3, 0.4) is 0 Å². The van der Waals surface area contributed by atoms with E-state index in [-0.39, 0.29) is 41.4 Å². The maximum atomic E-state index is 13.0. The van der Waals surface area contributed by atoms with Gasteiger partial charge in [-0.05, 0) is 18.2 Å². The molecule has 0 spiro atoms. The summed E-state index contributed by atoms with van der Waals surface area (Å²) in [5.41, 5.74) is 0.241. The van der Waals surface area contributed by atoms with Gasteiger partial charge >= 0.3 is 5.97 Å². The summed E-state index contributed by atoms with van der Waals surface area (Å²) in [5.74, 6) is -2.27. The number of nitrogens with zero attached hydrogens (tertiary/aromatic N) is 2. The Morgan fingerprint density at radius 3 is 2.40 bits per heavy atom. The summed E-state index contributed by atoms with van der Waals surface area (Å²) in [4.78, 5) is 37.8. The number of rotatable bonds is 5. The van der Waals surface area contributed by atoms with Gasteiger partial charge in [0.2, 0.25) is 5.91 Å². The van der Waals surface area contributed by atoms with Crippen molar-refractivity contribution in [2.45, 2.75) is 0 Å². The maximum absolute atomic E-state index is 13.0. The number of nitrogens with one attached hydrogen (secondary N) is 1. The smallest absolute Gasteiger partial charge is 0.322 e. The lowest BCUT2D eigenvalue weighted by molar-refractivity contribution is -0.138. The molecular weight excluding hydrogens is 376 g/mol. The number of carboxylic acids is 1. The third-order valence-corrected chi connectivity index (χ3v) is 3.94. The number of piperazine rings is 1. The fraction of sp³-hybridized carbons (Fsp3) is 0.400. The molecule has 0 bridgehead atoms. The standard InChI is InChI=1S/C15H17ClFN3O4.ClH/c16-12-7-10(17)1-2-11(12)15(24)20-5-3-19(4-6-20)9-13(21)18-8-14(22)23;/h1-2,7H,3-6,8-9H2,(H,18,21)(H,22,23);1H. The fourth-order valence-corrected chi connectivity index (χ4v) is 2.62. The van der Waals surface area contributed by atoms with Crippen molar-refractivity contribution in [3.05, 3.63) is 34.6 Å². The third-order valence-electron chi connectivity index (χ3n) is 3.63. The van der Waals surface area contributed by atoms with E-state index in [0.717, 1.165) is 6.07 Å². The number of halogens is 3. The summed E-state index contributed by atoms with van der Waals surface area (Å²) in [6, 6.07) is 3.63. The molecule has 1 aliphatic heterocycles. The van der Waals surface area contributed by atoms with E-state index in [4.69, 9.17) is 16.7 Å². The molecule has 0 saturated carbocycles. The summed E-state index contributed by atoms with van der Waals surface area (Å²) in [6.45, 7) is 1.42. The SMILES string of the molecule is Cl.O=C(O)CNC(=O)CN1CCN(C(=O)c2ccc(F)cc2Cl)CC1. The van der Waals surface area contributed by atoms with Gasteiger partial charge in [0.25, 0.3) is 5.91 Å². The van der Waals surface area contributed by atoms with Crippen molar-refractivity contribution in [3.63, 3.8) is 0 Å². The summed E-state index contributed by atoms with van der Waals surface area (Å²) in [6.07, 6.45) is 0. The molecule has 1 saturated heterocycles. The lowest BCUT2D eigenvalue weighted by Crippen LogP contribution is -2.51. The number of carboxylic acid groups (broad SMARTS) is 1. The minimum Gasteiger partial charge on any atom is -0.480 e. The van der Waals surface area contributed by atoms with E-state index >= 15 is 0 Å². The fourth-order valence-electron chi connectivity index (χ4n) is 2.38. The van der Waals surface area contributed by atoms with E-state index in [1.807, 2.05) is 4.90 Å². The number of aliphatic carboxylic acids is 1. The Morgan fingerprint density at radius 2 is 1.84 bits per heavy atom. The first-order valence-corrected chi connectivity index (χ1v) is 7.70. The van der Waals surface area contributed by atoms with Crippen molar-refractivity contribution in [1.82, 2.24) is 15.1 Å². The van der Waals surface area contributed by atoms with Crippen LogP contribution < -0.4 is 5.32 Å². The van der Waals surface area contributed by atoms with Gasteiger partial charge in [-0.2, -0.15) is 0 Å². The first-order valence-electron chi connectivity index (χ1n) is 7.32. The first kappa shape index (κ1) is 21.1. The van der Waals surface area contributed by atoms with E-state index in [2.05, 4.69) is 5.32 Å². The molecule has 25 heavy (non-hydrogen) atoms. The number of carbonyl (C=O) groups excluding carboxylic acids is 2. The maximum Gasteiger partial charge on any atom is 0.322 e. The molecule has 0 aromatic heterocycles. The van der Waals surface area contributed by atoms with Crippen LogP contribution in [0.15, 0.2) is 18.2 Å². The lowest BCUT2D eigenvalue weighted by Gasteiger charge is -2.34. The van der Waals surface area contributed by atoms with Gasteiger partial charge in [0, 0.05) is 26.2 Å². The minimum atomic E-state index is -1.10. The highest BCUT2D eigenvalue weighted by atomic mass is 35.5. The summed E-state index contributed by atoms with van der Waals surface area (Å²) in [5, 5.41) is 10.9. The molecule has 2 N–H and O–H groups in total. The van der Waals surface area contributed by atoms with Crippen molar-refractivity contribution < 1.29 is 23.9 Å². The summed E-state index contributed by atoms with van der Waals surface area (Å²) >= 11 is 5.90. The van der Waals surface area contributed by atoms with Crippen LogP contribution >= 0.6 is 24.0 Å². The molecule has 1 heterocycles. The summed E-state index contributed by atoms with van der Waals surface area (Å²) < 4.78 is 13.0. The Bertz CT molecular complexity index is 652. The molecule has 1 aromatic carbocycles. The molecule has 7 nitrogen and oxygen atoms in total. The number of hydrogen-bond donors (Lipinski definition) is 2. The molecule has 2 rings (SSSR count). The molecule has 1 fully saturated rings. The molecule has 1 aliphatic rings. The van der Waals surface area contributed by atoms with E-state index in [9.17, 15) is 18.8 Å². The highest BCUT2D eigenvalue weighted by Crippen LogP contribution is 2.19. The topological polar surface area (TPSA) is 89.9 Å². The zero-order chi connectivity index (χ0) is 17.7. The minimum absolute atomic E-state index is 0. The van der Waals surface area contributed by atoms with Crippen LogP contribution in [0, 0.1) is 5.82 Å². The Balaban J connectivity index is 0.00000312. The van der Waals surface area contributed by atoms with Gasteiger partial charge < -0.3 is 15.3 Å². The number of benzene rings is 1. The Kier molecular flexibility index (Phi) is 8.08. The highest BCUT2D eigenvalue weighted by Gasteiger charge is 2.24. The largest absolute Gasteiger partial charge is 0.480 e.